The number of piperidine rings is 1. The Hall–Kier alpha value is -2.61. The second kappa shape index (κ2) is 12.7. The van der Waals surface area contributed by atoms with Crippen LogP contribution in [0, 0.1) is 11.3 Å². The number of carbonyl (C=O) groups is 3. The molecule has 1 aliphatic heterocycles. The number of furan rings is 1. The largest absolute Gasteiger partial charge is 0.468 e. The van der Waals surface area contributed by atoms with Crippen LogP contribution in [0.3, 0.4) is 0 Å². The molecule has 2 aliphatic rings. The second-order valence-electron chi connectivity index (χ2n) is 9.19. The molecule has 0 saturated carbocycles. The van der Waals surface area contributed by atoms with E-state index in [0.717, 1.165) is 45.1 Å². The molecule has 1 aliphatic carbocycles. The quantitative estimate of drug-likeness (QED) is 0.364. The molecule has 34 heavy (non-hydrogen) atoms. The molecule has 2 amide bonds. The molecule has 188 valence electrons. The Labute approximate surface area is 202 Å². The van der Waals surface area contributed by atoms with Gasteiger partial charge < -0.3 is 24.1 Å². The topological polar surface area (TPSA) is 98.1 Å². The number of hydrogen-bond donors (Lipinski definition) is 1. The van der Waals surface area contributed by atoms with Gasteiger partial charge in [0.25, 0.3) is 0 Å². The van der Waals surface area contributed by atoms with E-state index in [2.05, 4.69) is 12.2 Å². The summed E-state index contributed by atoms with van der Waals surface area (Å²) in [4.78, 5) is 41.1. The van der Waals surface area contributed by atoms with E-state index in [4.69, 9.17) is 13.9 Å². The lowest BCUT2D eigenvalue weighted by Gasteiger charge is -2.45. The van der Waals surface area contributed by atoms with Crippen LogP contribution in [0.25, 0.3) is 0 Å². The number of rotatable bonds is 12. The third-order valence-corrected chi connectivity index (χ3v) is 6.72. The van der Waals surface area contributed by atoms with Gasteiger partial charge in [-0.2, -0.15) is 0 Å². The zero-order valence-corrected chi connectivity index (χ0v) is 20.5. The van der Waals surface area contributed by atoms with Crippen LogP contribution < -0.4 is 5.32 Å². The molecule has 0 aromatic carbocycles. The number of nitrogens with zero attached hydrogens (tertiary/aromatic N) is 1. The van der Waals surface area contributed by atoms with Crippen molar-refractivity contribution < 1.29 is 28.3 Å². The van der Waals surface area contributed by atoms with Crippen LogP contribution >= 0.6 is 0 Å². The maximum atomic E-state index is 13.6. The Bertz CT molecular complexity index is 849. The number of ether oxygens (including phenoxy) is 2. The van der Waals surface area contributed by atoms with E-state index < -0.39 is 11.3 Å². The van der Waals surface area contributed by atoms with Gasteiger partial charge in [0.1, 0.15) is 11.2 Å². The molecule has 3 rings (SSSR count). The zero-order valence-electron chi connectivity index (χ0n) is 20.5. The third-order valence-electron chi connectivity index (χ3n) is 6.72. The van der Waals surface area contributed by atoms with Crippen LogP contribution in [-0.4, -0.2) is 49.6 Å². The highest BCUT2D eigenvalue weighted by Crippen LogP contribution is 2.49. The Balaban J connectivity index is 1.72. The number of nitrogens with one attached hydrogen (secondary N) is 1. The van der Waals surface area contributed by atoms with E-state index in [9.17, 15) is 14.4 Å². The summed E-state index contributed by atoms with van der Waals surface area (Å²) in [6.45, 7) is 4.17. The molecular formula is C26H38N2O6. The number of fused-ring (bicyclic) bond motifs is 1. The molecule has 1 aromatic rings. The Morgan fingerprint density at radius 1 is 1.26 bits per heavy atom. The molecule has 2 atom stereocenters. The van der Waals surface area contributed by atoms with Crippen molar-refractivity contribution >= 4 is 17.8 Å². The number of methoxy groups -OCH3 is 1. The normalized spacial score (nSPS) is 22.5. The number of esters is 1. The van der Waals surface area contributed by atoms with Crippen LogP contribution in [0.5, 0.6) is 0 Å². The first-order valence-corrected chi connectivity index (χ1v) is 12.5. The number of unbranched alkanes of at least 4 members (excludes halogenated alkanes) is 1. The summed E-state index contributed by atoms with van der Waals surface area (Å²) in [7, 11) is 1.39. The predicted octanol–water partition coefficient (Wildman–Crippen LogP) is 3.96. The SMILES string of the molecule is CCCCOCCCNC(=O)C[C@@H]1C[C@@]2(C(=O)OC)CCCCC=C2N(Cc2ccco2)C1=O. The van der Waals surface area contributed by atoms with Gasteiger partial charge in [-0.15, -0.1) is 0 Å². The number of allylic oxidation sites excluding steroid dienone is 1. The summed E-state index contributed by atoms with van der Waals surface area (Å²) < 4.78 is 16.3. The van der Waals surface area contributed by atoms with Gasteiger partial charge >= 0.3 is 5.97 Å². The van der Waals surface area contributed by atoms with E-state index in [1.807, 2.05) is 12.1 Å². The highest BCUT2D eigenvalue weighted by molar-refractivity contribution is 5.92. The van der Waals surface area contributed by atoms with Crippen molar-refractivity contribution in [2.45, 2.75) is 71.3 Å². The summed E-state index contributed by atoms with van der Waals surface area (Å²) in [5.41, 5.74) is -0.233. The molecule has 1 N–H and O–H groups in total. The average molecular weight is 475 g/mol. The minimum absolute atomic E-state index is 0.0379. The number of hydrogen-bond acceptors (Lipinski definition) is 6. The Morgan fingerprint density at radius 3 is 2.82 bits per heavy atom. The fraction of sp³-hybridized carbons (Fsp3) is 0.654. The Kier molecular flexibility index (Phi) is 9.74. The monoisotopic (exact) mass is 474 g/mol. The molecule has 0 unspecified atom stereocenters. The van der Waals surface area contributed by atoms with Crippen molar-refractivity contribution in [3.05, 3.63) is 35.9 Å². The minimum Gasteiger partial charge on any atom is -0.468 e. The molecule has 1 saturated heterocycles. The van der Waals surface area contributed by atoms with Gasteiger partial charge in [0.05, 0.1) is 19.9 Å². The highest BCUT2D eigenvalue weighted by atomic mass is 16.5. The lowest BCUT2D eigenvalue weighted by molar-refractivity contribution is -0.160. The Morgan fingerprint density at radius 2 is 2.09 bits per heavy atom. The summed E-state index contributed by atoms with van der Waals surface area (Å²) in [5.74, 6) is -0.657. The zero-order chi connectivity index (χ0) is 24.4. The first-order chi connectivity index (χ1) is 16.5. The highest BCUT2D eigenvalue weighted by Gasteiger charge is 2.54. The summed E-state index contributed by atoms with van der Waals surface area (Å²) in [5, 5.41) is 2.90. The van der Waals surface area contributed by atoms with Gasteiger partial charge in [0, 0.05) is 37.8 Å². The van der Waals surface area contributed by atoms with Gasteiger partial charge in [-0.25, -0.2) is 0 Å². The van der Waals surface area contributed by atoms with Crippen LogP contribution in [0.4, 0.5) is 0 Å². The van der Waals surface area contributed by atoms with E-state index in [1.165, 1.54) is 7.11 Å². The average Bonchev–Trinajstić information content (AvgIpc) is 3.25. The van der Waals surface area contributed by atoms with Gasteiger partial charge in [0.15, 0.2) is 0 Å². The molecule has 8 nitrogen and oxygen atoms in total. The van der Waals surface area contributed by atoms with Crippen molar-refractivity contribution in [2.24, 2.45) is 11.3 Å². The standard InChI is InChI=1S/C26H38N2O6/c1-3-4-14-33-15-9-13-27-23(29)17-20-18-26(25(31)32-2)12-7-5-6-11-22(26)28(24(20)30)19-21-10-8-16-34-21/h8,10-11,16,20H,3-7,9,12-15,17-19H2,1-2H3,(H,27,29)/t20-,26+/m1/s1. The molecule has 8 heteroatoms. The van der Waals surface area contributed by atoms with Crippen molar-refractivity contribution in [3.63, 3.8) is 0 Å². The third kappa shape index (κ3) is 6.29. The maximum Gasteiger partial charge on any atom is 0.317 e. The number of carbonyl (C=O) groups excluding carboxylic acids is 3. The lowest BCUT2D eigenvalue weighted by atomic mass is 9.69. The first-order valence-electron chi connectivity index (χ1n) is 12.5. The van der Waals surface area contributed by atoms with Gasteiger partial charge in [-0.1, -0.05) is 25.8 Å². The molecule has 0 spiro atoms. The smallest absolute Gasteiger partial charge is 0.317 e. The lowest BCUT2D eigenvalue weighted by Crippen LogP contribution is -2.53. The summed E-state index contributed by atoms with van der Waals surface area (Å²) in [6, 6.07) is 3.58. The van der Waals surface area contributed by atoms with Crippen molar-refractivity contribution in [1.82, 2.24) is 10.2 Å². The van der Waals surface area contributed by atoms with E-state index in [0.29, 0.717) is 31.0 Å². The van der Waals surface area contributed by atoms with Crippen molar-refractivity contribution in [2.75, 3.05) is 26.9 Å². The number of amides is 2. The predicted molar refractivity (Wildman–Crippen MR) is 126 cm³/mol. The molecule has 1 fully saturated rings. The van der Waals surface area contributed by atoms with Crippen LogP contribution in [0.1, 0.15) is 70.5 Å². The first kappa shape index (κ1) is 26.0. The van der Waals surface area contributed by atoms with Crippen molar-refractivity contribution in [3.8, 4) is 0 Å². The second-order valence-corrected chi connectivity index (χ2v) is 9.19. The molecule has 0 radical (unpaired) electrons. The molecule has 0 bridgehead atoms. The summed E-state index contributed by atoms with van der Waals surface area (Å²) >= 11 is 0. The number of likely N-dealkylation sites (tertiary alicyclic amines) is 1. The van der Waals surface area contributed by atoms with Gasteiger partial charge in [-0.05, 0) is 50.7 Å². The maximum absolute atomic E-state index is 13.6. The van der Waals surface area contributed by atoms with Crippen LogP contribution in [-0.2, 0) is 30.4 Å². The van der Waals surface area contributed by atoms with Gasteiger partial charge in [-0.3, -0.25) is 14.4 Å². The van der Waals surface area contributed by atoms with Crippen molar-refractivity contribution in [1.29, 1.82) is 0 Å². The van der Waals surface area contributed by atoms with Gasteiger partial charge in [0.2, 0.25) is 11.8 Å². The molecule has 1 aromatic heterocycles. The van der Waals surface area contributed by atoms with E-state index in [-0.39, 0.29) is 37.2 Å². The molecule has 2 heterocycles. The fourth-order valence-corrected chi connectivity index (χ4v) is 4.97. The summed E-state index contributed by atoms with van der Waals surface area (Å²) in [6.07, 6.45) is 9.92. The van der Waals surface area contributed by atoms with E-state index in [1.54, 1.807) is 17.2 Å². The molecular weight excluding hydrogens is 436 g/mol. The van der Waals surface area contributed by atoms with Crippen LogP contribution in [0.2, 0.25) is 0 Å². The van der Waals surface area contributed by atoms with Crippen LogP contribution in [0.15, 0.2) is 34.6 Å². The van der Waals surface area contributed by atoms with E-state index >= 15 is 0 Å². The minimum atomic E-state index is -0.927. The fourth-order valence-electron chi connectivity index (χ4n) is 4.97.